The molecule has 5 nitrogen and oxygen atoms in total. The van der Waals surface area contributed by atoms with Crippen LogP contribution in [0, 0.1) is 5.92 Å². The zero-order chi connectivity index (χ0) is 20.1. The Balaban J connectivity index is 1.54. The van der Waals surface area contributed by atoms with Crippen LogP contribution in [0.25, 0.3) is 10.1 Å². The average Bonchev–Trinajstić information content (AvgIpc) is 3.14. The number of ether oxygens (including phenoxy) is 2. The number of thiophene rings is 1. The molecule has 2 aliphatic rings. The number of rotatable bonds is 7. The summed E-state index contributed by atoms with van der Waals surface area (Å²) in [6.45, 7) is 4.78. The Morgan fingerprint density at radius 2 is 2.10 bits per heavy atom. The molecule has 29 heavy (non-hydrogen) atoms. The molecule has 0 bridgehead atoms. The molecule has 1 aliphatic heterocycles. The van der Waals surface area contributed by atoms with E-state index in [1.807, 2.05) is 12.1 Å². The van der Waals surface area contributed by atoms with E-state index in [0.29, 0.717) is 13.2 Å². The predicted octanol–water partition coefficient (Wildman–Crippen LogP) is 4.23. The number of carbonyl (C=O) groups is 1. The van der Waals surface area contributed by atoms with E-state index in [9.17, 15) is 4.79 Å². The van der Waals surface area contributed by atoms with Gasteiger partial charge in [-0.25, -0.2) is 0 Å². The lowest BCUT2D eigenvalue weighted by molar-refractivity contribution is -0.0353. The molecule has 6 heteroatoms. The van der Waals surface area contributed by atoms with Crippen LogP contribution in [0.2, 0.25) is 0 Å². The highest BCUT2D eigenvalue weighted by Crippen LogP contribution is 2.38. The largest absolute Gasteiger partial charge is 0.383 e. The summed E-state index contributed by atoms with van der Waals surface area (Å²) in [5, 5.41) is 4.15. The van der Waals surface area contributed by atoms with Gasteiger partial charge in [0.15, 0.2) is 0 Å². The van der Waals surface area contributed by atoms with Crippen LogP contribution in [-0.4, -0.2) is 57.3 Å². The maximum absolute atomic E-state index is 12.9. The lowest BCUT2D eigenvalue weighted by atomic mass is 9.88. The summed E-state index contributed by atoms with van der Waals surface area (Å²) in [5.74, 6) is 0.796. The molecule has 2 aromatic rings. The number of fused-ring (bicyclic) bond motifs is 1. The number of morpholine rings is 1. The third kappa shape index (κ3) is 5.00. The first-order chi connectivity index (χ1) is 14.3. The third-order valence-electron chi connectivity index (χ3n) is 6.15. The lowest BCUT2D eigenvalue weighted by Gasteiger charge is -2.36. The molecule has 1 N–H and O–H groups in total. The smallest absolute Gasteiger partial charge is 0.261 e. The zero-order valence-electron chi connectivity index (χ0n) is 17.3. The van der Waals surface area contributed by atoms with Gasteiger partial charge in [-0.1, -0.05) is 37.5 Å². The van der Waals surface area contributed by atoms with Crippen LogP contribution in [0.15, 0.2) is 24.3 Å². The molecular formula is C23H32N2O3S. The van der Waals surface area contributed by atoms with Crippen molar-refractivity contribution in [3.05, 3.63) is 34.7 Å². The molecule has 1 aliphatic carbocycles. The summed E-state index contributed by atoms with van der Waals surface area (Å²) < 4.78 is 12.4. The lowest BCUT2D eigenvalue weighted by Crippen LogP contribution is -2.41. The summed E-state index contributed by atoms with van der Waals surface area (Å²) in [6, 6.07) is 8.30. The maximum atomic E-state index is 12.9. The van der Waals surface area contributed by atoms with Crippen molar-refractivity contribution in [3.8, 4) is 0 Å². The van der Waals surface area contributed by atoms with Gasteiger partial charge in [0.25, 0.3) is 5.91 Å². The fraction of sp³-hybridized carbons (Fsp3) is 0.609. The maximum Gasteiger partial charge on any atom is 0.261 e. The quantitative estimate of drug-likeness (QED) is 0.686. The van der Waals surface area contributed by atoms with Crippen LogP contribution in [0.1, 0.15) is 53.4 Å². The fourth-order valence-corrected chi connectivity index (χ4v) is 5.85. The average molecular weight is 417 g/mol. The van der Waals surface area contributed by atoms with E-state index in [-0.39, 0.29) is 12.0 Å². The van der Waals surface area contributed by atoms with Gasteiger partial charge in [-0.05, 0) is 30.2 Å². The Morgan fingerprint density at radius 3 is 2.93 bits per heavy atom. The van der Waals surface area contributed by atoms with Gasteiger partial charge in [-0.2, -0.15) is 0 Å². The Labute approximate surface area is 177 Å². The van der Waals surface area contributed by atoms with Gasteiger partial charge < -0.3 is 14.8 Å². The van der Waals surface area contributed by atoms with E-state index in [1.54, 1.807) is 18.4 Å². The van der Waals surface area contributed by atoms with Gasteiger partial charge >= 0.3 is 0 Å². The first kappa shape index (κ1) is 20.8. The Morgan fingerprint density at radius 1 is 1.28 bits per heavy atom. The second-order valence-corrected chi connectivity index (χ2v) is 9.26. The standard InChI is InChI=1S/C23H32N2O3S/c1-27-13-11-24-23(26)22-21(18-9-5-6-10-20(18)29-22)19-16-25(12-14-28-19)15-17-7-3-2-4-8-17/h5-6,9-10,17,19H,2-4,7-8,11-16H2,1H3,(H,24,26)/t19-/m0/s1. The summed E-state index contributed by atoms with van der Waals surface area (Å²) >= 11 is 1.57. The van der Waals surface area contributed by atoms with E-state index in [0.717, 1.165) is 52.7 Å². The molecule has 0 unspecified atom stereocenters. The summed E-state index contributed by atoms with van der Waals surface area (Å²) in [4.78, 5) is 16.3. The van der Waals surface area contributed by atoms with Crippen LogP contribution < -0.4 is 5.32 Å². The number of nitrogens with one attached hydrogen (secondary N) is 1. The SMILES string of the molecule is COCCNC(=O)c1sc2ccccc2c1[C@@H]1CN(CC2CCCCC2)CCO1. The molecule has 1 amide bonds. The number of methoxy groups -OCH3 is 1. The number of hydrogen-bond donors (Lipinski definition) is 1. The molecule has 2 fully saturated rings. The highest BCUT2D eigenvalue weighted by Gasteiger charge is 2.30. The van der Waals surface area contributed by atoms with Crippen molar-refractivity contribution in [1.29, 1.82) is 0 Å². The van der Waals surface area contributed by atoms with Gasteiger partial charge in [0.2, 0.25) is 0 Å². The van der Waals surface area contributed by atoms with Crippen LogP contribution in [0.5, 0.6) is 0 Å². The second kappa shape index (κ2) is 10.0. The Hall–Kier alpha value is -1.47. The van der Waals surface area contributed by atoms with Gasteiger partial charge in [0, 0.05) is 43.6 Å². The topological polar surface area (TPSA) is 50.8 Å². The van der Waals surface area contributed by atoms with E-state index in [1.165, 1.54) is 32.1 Å². The zero-order valence-corrected chi connectivity index (χ0v) is 18.1. The normalized spacial score (nSPS) is 21.5. The van der Waals surface area contributed by atoms with Crippen molar-refractivity contribution >= 4 is 27.3 Å². The Bertz CT molecular complexity index is 816. The molecule has 158 valence electrons. The molecule has 1 saturated heterocycles. The van der Waals surface area contributed by atoms with Gasteiger partial charge in [0.05, 0.1) is 24.2 Å². The minimum absolute atomic E-state index is 0.0220. The number of amides is 1. The summed E-state index contributed by atoms with van der Waals surface area (Å²) in [6.07, 6.45) is 6.81. The van der Waals surface area contributed by atoms with Gasteiger partial charge in [-0.15, -0.1) is 11.3 Å². The van der Waals surface area contributed by atoms with Crippen molar-refractivity contribution in [3.63, 3.8) is 0 Å². The van der Waals surface area contributed by atoms with Crippen LogP contribution in [0.4, 0.5) is 0 Å². The van der Waals surface area contributed by atoms with Crippen LogP contribution in [-0.2, 0) is 9.47 Å². The molecule has 4 rings (SSSR count). The third-order valence-corrected chi connectivity index (χ3v) is 7.33. The number of carbonyl (C=O) groups excluding carboxylic acids is 1. The van der Waals surface area contributed by atoms with Crippen molar-refractivity contribution < 1.29 is 14.3 Å². The molecule has 2 heterocycles. The minimum atomic E-state index is -0.0494. The number of nitrogens with zero attached hydrogens (tertiary/aromatic N) is 1. The number of benzene rings is 1. The van der Waals surface area contributed by atoms with Crippen molar-refractivity contribution in [2.24, 2.45) is 5.92 Å². The molecule has 0 spiro atoms. The summed E-state index contributed by atoms with van der Waals surface area (Å²) in [5.41, 5.74) is 1.06. The molecular weight excluding hydrogens is 384 g/mol. The Kier molecular flexibility index (Phi) is 7.19. The summed E-state index contributed by atoms with van der Waals surface area (Å²) in [7, 11) is 1.65. The highest BCUT2D eigenvalue weighted by atomic mass is 32.1. The van der Waals surface area contributed by atoms with Crippen molar-refractivity contribution in [2.45, 2.75) is 38.2 Å². The first-order valence-electron chi connectivity index (χ1n) is 10.9. The van der Waals surface area contributed by atoms with E-state index < -0.39 is 0 Å². The molecule has 1 atom stereocenters. The minimum Gasteiger partial charge on any atom is -0.383 e. The van der Waals surface area contributed by atoms with Gasteiger partial charge in [-0.3, -0.25) is 9.69 Å². The van der Waals surface area contributed by atoms with Gasteiger partial charge in [0.1, 0.15) is 0 Å². The second-order valence-electron chi connectivity index (χ2n) is 8.21. The molecule has 1 saturated carbocycles. The highest BCUT2D eigenvalue weighted by molar-refractivity contribution is 7.21. The molecule has 1 aromatic carbocycles. The van der Waals surface area contributed by atoms with Crippen LogP contribution in [0.3, 0.4) is 0 Å². The molecule has 0 radical (unpaired) electrons. The molecule has 1 aromatic heterocycles. The van der Waals surface area contributed by atoms with Crippen molar-refractivity contribution in [2.75, 3.05) is 46.5 Å². The van der Waals surface area contributed by atoms with Crippen molar-refractivity contribution in [1.82, 2.24) is 10.2 Å². The fourth-order valence-electron chi connectivity index (χ4n) is 4.68. The van der Waals surface area contributed by atoms with E-state index in [4.69, 9.17) is 9.47 Å². The predicted molar refractivity (Wildman–Crippen MR) is 118 cm³/mol. The first-order valence-corrected chi connectivity index (χ1v) is 11.7. The van der Waals surface area contributed by atoms with E-state index in [2.05, 4.69) is 22.3 Å². The van der Waals surface area contributed by atoms with E-state index >= 15 is 0 Å². The monoisotopic (exact) mass is 416 g/mol. The number of hydrogen-bond acceptors (Lipinski definition) is 5. The van der Waals surface area contributed by atoms with Crippen LogP contribution >= 0.6 is 11.3 Å².